The fourth-order valence-electron chi connectivity index (χ4n) is 2.70. The number of benzene rings is 2. The Morgan fingerprint density at radius 1 is 1.20 bits per heavy atom. The van der Waals surface area contributed by atoms with Crippen LogP contribution in [0.4, 0.5) is 15.8 Å². The first-order chi connectivity index (χ1) is 12.0. The number of nitrogens with one attached hydrogen (secondary N) is 1. The van der Waals surface area contributed by atoms with Crippen LogP contribution in [-0.4, -0.2) is 28.8 Å². The molecule has 3 rings (SSSR count). The first kappa shape index (κ1) is 17.3. The molecule has 2 aromatic rings. The lowest BCUT2D eigenvalue weighted by Gasteiger charge is -2.17. The highest BCUT2D eigenvalue weighted by Gasteiger charge is 2.24. The summed E-state index contributed by atoms with van der Waals surface area (Å²) in [4.78, 5) is 26.2. The van der Waals surface area contributed by atoms with Gasteiger partial charge in [0.15, 0.2) is 0 Å². The van der Waals surface area contributed by atoms with E-state index in [0.29, 0.717) is 35.5 Å². The number of halogens is 1. The topological polar surface area (TPSA) is 66.5 Å². The van der Waals surface area contributed by atoms with Gasteiger partial charge in [-0.3, -0.25) is 13.8 Å². The first-order valence-corrected chi connectivity index (χ1v) is 9.36. The Morgan fingerprint density at radius 2 is 1.92 bits per heavy atom. The Hall–Kier alpha value is -2.54. The molecule has 1 N–H and O–H groups in total. The summed E-state index contributed by atoms with van der Waals surface area (Å²) >= 11 is 0. The fourth-order valence-corrected chi connectivity index (χ4v) is 3.22. The number of hydrogen-bond donors (Lipinski definition) is 1. The van der Waals surface area contributed by atoms with Gasteiger partial charge in [-0.15, -0.1) is 0 Å². The predicted molar refractivity (Wildman–Crippen MR) is 94.7 cm³/mol. The summed E-state index contributed by atoms with van der Waals surface area (Å²) < 4.78 is 25.4. The smallest absolute Gasteiger partial charge is 0.255 e. The van der Waals surface area contributed by atoms with E-state index in [1.165, 1.54) is 23.1 Å². The lowest BCUT2D eigenvalue weighted by atomic mass is 10.2. The van der Waals surface area contributed by atoms with E-state index in [1.807, 2.05) is 0 Å². The van der Waals surface area contributed by atoms with Crippen molar-refractivity contribution in [3.05, 3.63) is 53.8 Å². The van der Waals surface area contributed by atoms with Crippen molar-refractivity contribution in [3.63, 3.8) is 0 Å². The van der Waals surface area contributed by atoms with Gasteiger partial charge in [0.1, 0.15) is 5.82 Å². The summed E-state index contributed by atoms with van der Waals surface area (Å²) in [6.07, 6.45) is 2.66. The van der Waals surface area contributed by atoms with Gasteiger partial charge in [-0.05, 0) is 48.9 Å². The lowest BCUT2D eigenvalue weighted by molar-refractivity contribution is -0.117. The molecular weight excluding hydrogens is 343 g/mol. The number of anilines is 2. The van der Waals surface area contributed by atoms with E-state index in [1.54, 1.807) is 30.5 Å². The van der Waals surface area contributed by atoms with Crippen molar-refractivity contribution in [1.29, 1.82) is 0 Å². The van der Waals surface area contributed by atoms with Crippen LogP contribution < -0.4 is 10.2 Å². The summed E-state index contributed by atoms with van der Waals surface area (Å²) in [5, 5.41) is 2.69. The van der Waals surface area contributed by atoms with E-state index in [9.17, 15) is 18.2 Å². The maximum atomic E-state index is 14.0. The molecule has 1 atom stereocenters. The van der Waals surface area contributed by atoms with Gasteiger partial charge in [0.2, 0.25) is 5.91 Å². The van der Waals surface area contributed by atoms with Crippen LogP contribution in [0.5, 0.6) is 0 Å². The molecule has 130 valence electrons. The van der Waals surface area contributed by atoms with Gasteiger partial charge in [-0.2, -0.15) is 0 Å². The predicted octanol–water partition coefficient (Wildman–Crippen LogP) is 2.94. The highest BCUT2D eigenvalue weighted by molar-refractivity contribution is 7.84. The molecule has 5 nitrogen and oxygen atoms in total. The van der Waals surface area contributed by atoms with Crippen molar-refractivity contribution in [2.45, 2.75) is 17.7 Å². The van der Waals surface area contributed by atoms with E-state index in [4.69, 9.17) is 0 Å². The van der Waals surface area contributed by atoms with Gasteiger partial charge >= 0.3 is 0 Å². The van der Waals surface area contributed by atoms with Crippen molar-refractivity contribution < 1.29 is 18.2 Å². The van der Waals surface area contributed by atoms with E-state index >= 15 is 0 Å². The summed E-state index contributed by atoms with van der Waals surface area (Å²) in [6, 6.07) is 10.6. The molecular formula is C18H17FN2O3S. The molecule has 1 saturated heterocycles. The average Bonchev–Trinajstić information content (AvgIpc) is 3.02. The number of hydrogen-bond acceptors (Lipinski definition) is 3. The molecule has 0 spiro atoms. The maximum Gasteiger partial charge on any atom is 0.255 e. The SMILES string of the molecule is CS(=O)c1ccc(C(=O)Nc2ccc(F)c(N3CCCC3=O)c2)cc1. The van der Waals surface area contributed by atoms with Gasteiger partial charge in [0.05, 0.1) is 5.69 Å². The molecule has 1 unspecified atom stereocenters. The standard InChI is InChI=1S/C18H17FN2O3S/c1-25(24)14-7-4-12(5-8-14)18(23)20-13-6-9-15(19)16(11-13)21-10-2-3-17(21)22/h4-9,11H,2-3,10H2,1H3,(H,20,23). The maximum absolute atomic E-state index is 14.0. The third-order valence-electron chi connectivity index (χ3n) is 4.02. The monoisotopic (exact) mass is 360 g/mol. The third kappa shape index (κ3) is 3.76. The molecule has 0 radical (unpaired) electrons. The van der Waals surface area contributed by atoms with Gasteiger partial charge in [0, 0.05) is 46.2 Å². The molecule has 0 aromatic heterocycles. The van der Waals surface area contributed by atoms with Crippen LogP contribution in [0.3, 0.4) is 0 Å². The number of carbonyl (C=O) groups excluding carboxylic acids is 2. The second-order valence-electron chi connectivity index (χ2n) is 5.75. The Bertz CT molecular complexity index is 852. The number of amides is 2. The zero-order valence-electron chi connectivity index (χ0n) is 13.6. The van der Waals surface area contributed by atoms with Gasteiger partial charge in [-0.1, -0.05) is 0 Å². The Kier molecular flexibility index (Phi) is 4.94. The summed E-state index contributed by atoms with van der Waals surface area (Å²) in [5.41, 5.74) is 0.985. The molecule has 0 bridgehead atoms. The molecule has 1 aliphatic rings. The average molecular weight is 360 g/mol. The van der Waals surface area contributed by atoms with Gasteiger partial charge in [-0.25, -0.2) is 4.39 Å². The Morgan fingerprint density at radius 3 is 2.52 bits per heavy atom. The van der Waals surface area contributed by atoms with Crippen LogP contribution in [0.25, 0.3) is 0 Å². The highest BCUT2D eigenvalue weighted by Crippen LogP contribution is 2.27. The molecule has 1 fully saturated rings. The van der Waals surface area contributed by atoms with E-state index in [-0.39, 0.29) is 17.5 Å². The molecule has 2 aromatic carbocycles. The van der Waals surface area contributed by atoms with E-state index in [2.05, 4.69) is 5.32 Å². The van der Waals surface area contributed by atoms with Crippen LogP contribution in [0.2, 0.25) is 0 Å². The zero-order valence-corrected chi connectivity index (χ0v) is 14.4. The number of carbonyl (C=O) groups is 2. The lowest BCUT2D eigenvalue weighted by Crippen LogP contribution is -2.25. The summed E-state index contributed by atoms with van der Waals surface area (Å²) in [7, 11) is -1.11. The minimum Gasteiger partial charge on any atom is -0.322 e. The third-order valence-corrected chi connectivity index (χ3v) is 4.95. The second-order valence-corrected chi connectivity index (χ2v) is 7.13. The van der Waals surface area contributed by atoms with Crippen molar-refractivity contribution in [3.8, 4) is 0 Å². The molecule has 25 heavy (non-hydrogen) atoms. The van der Waals surface area contributed by atoms with Gasteiger partial charge in [0.25, 0.3) is 5.91 Å². The van der Waals surface area contributed by atoms with Crippen molar-refractivity contribution in [1.82, 2.24) is 0 Å². The van der Waals surface area contributed by atoms with E-state index in [0.717, 1.165) is 0 Å². The minimum absolute atomic E-state index is 0.120. The normalized spacial score (nSPS) is 15.3. The Balaban J connectivity index is 1.79. The van der Waals surface area contributed by atoms with Crippen molar-refractivity contribution in [2.24, 2.45) is 0 Å². The van der Waals surface area contributed by atoms with Crippen LogP contribution in [-0.2, 0) is 15.6 Å². The number of rotatable bonds is 4. The zero-order chi connectivity index (χ0) is 18.0. The van der Waals surface area contributed by atoms with Crippen molar-refractivity contribution in [2.75, 3.05) is 23.0 Å². The largest absolute Gasteiger partial charge is 0.322 e. The first-order valence-electron chi connectivity index (χ1n) is 7.80. The molecule has 1 heterocycles. The number of nitrogens with zero attached hydrogens (tertiary/aromatic N) is 1. The van der Waals surface area contributed by atoms with E-state index < -0.39 is 16.6 Å². The molecule has 2 amide bonds. The molecule has 0 saturated carbocycles. The summed E-state index contributed by atoms with van der Waals surface area (Å²) in [6.45, 7) is 0.475. The van der Waals surface area contributed by atoms with Crippen molar-refractivity contribution >= 4 is 34.0 Å². The summed E-state index contributed by atoms with van der Waals surface area (Å²) in [5.74, 6) is -0.979. The van der Waals surface area contributed by atoms with Crippen LogP contribution in [0, 0.1) is 5.82 Å². The Labute approximate surface area is 147 Å². The van der Waals surface area contributed by atoms with Crippen LogP contribution >= 0.6 is 0 Å². The highest BCUT2D eigenvalue weighted by atomic mass is 32.2. The quantitative estimate of drug-likeness (QED) is 0.912. The minimum atomic E-state index is -1.11. The fraction of sp³-hybridized carbons (Fsp3) is 0.222. The van der Waals surface area contributed by atoms with Crippen LogP contribution in [0.1, 0.15) is 23.2 Å². The molecule has 1 aliphatic heterocycles. The van der Waals surface area contributed by atoms with Gasteiger partial charge < -0.3 is 10.2 Å². The molecule has 0 aliphatic carbocycles. The second kappa shape index (κ2) is 7.14. The molecule has 7 heteroatoms. The van der Waals surface area contributed by atoms with Crippen LogP contribution in [0.15, 0.2) is 47.4 Å².